The van der Waals surface area contributed by atoms with Gasteiger partial charge in [0.05, 0.1) is 10.2 Å². The van der Waals surface area contributed by atoms with E-state index in [4.69, 9.17) is 16.3 Å². The summed E-state index contributed by atoms with van der Waals surface area (Å²) >= 11 is 7.64. The Morgan fingerprint density at radius 2 is 1.96 bits per heavy atom. The van der Waals surface area contributed by atoms with Gasteiger partial charge in [0, 0.05) is 5.02 Å². The van der Waals surface area contributed by atoms with Crippen LogP contribution in [0.15, 0.2) is 30.3 Å². The van der Waals surface area contributed by atoms with Gasteiger partial charge in [-0.1, -0.05) is 42.3 Å². The number of rotatable bonds is 7. The van der Waals surface area contributed by atoms with Crippen LogP contribution in [0, 0.1) is 13.8 Å². The lowest BCUT2D eigenvalue weighted by molar-refractivity contribution is -0.118. The number of carbonyl (C=O) groups is 1. The van der Waals surface area contributed by atoms with Crippen molar-refractivity contribution < 1.29 is 9.53 Å². The minimum atomic E-state index is -0.231. The number of nitrogens with zero attached hydrogens (tertiary/aromatic N) is 1. The number of hydrogen-bond acceptors (Lipinski definition) is 4. The van der Waals surface area contributed by atoms with Gasteiger partial charge in [-0.05, 0) is 67.6 Å². The Morgan fingerprint density at radius 3 is 2.67 bits per heavy atom. The Morgan fingerprint density at radius 1 is 1.22 bits per heavy atom. The first kappa shape index (κ1) is 19.6. The van der Waals surface area contributed by atoms with Crippen LogP contribution < -0.4 is 10.1 Å². The maximum Gasteiger partial charge on any atom is 0.264 e. The number of carbonyl (C=O) groups excluding carboxylic acids is 1. The third-order valence-electron chi connectivity index (χ3n) is 4.30. The summed E-state index contributed by atoms with van der Waals surface area (Å²) in [7, 11) is 0. The van der Waals surface area contributed by atoms with Crippen molar-refractivity contribution in [3.8, 4) is 5.75 Å². The molecule has 0 atom stereocenters. The summed E-state index contributed by atoms with van der Waals surface area (Å²) in [6, 6.07) is 9.95. The van der Waals surface area contributed by atoms with Gasteiger partial charge >= 0.3 is 0 Å². The van der Waals surface area contributed by atoms with E-state index in [0.29, 0.717) is 10.9 Å². The monoisotopic (exact) mass is 402 g/mol. The second-order valence-corrected chi connectivity index (χ2v) is 8.04. The van der Waals surface area contributed by atoms with Crippen molar-refractivity contribution in [1.29, 1.82) is 0 Å². The fourth-order valence-corrected chi connectivity index (χ4v) is 3.91. The summed E-state index contributed by atoms with van der Waals surface area (Å²) < 4.78 is 6.69. The molecule has 0 aliphatic heterocycles. The number of aromatic nitrogens is 1. The highest BCUT2D eigenvalue weighted by Gasteiger charge is 2.10. The van der Waals surface area contributed by atoms with Gasteiger partial charge in [0.1, 0.15) is 5.75 Å². The van der Waals surface area contributed by atoms with Gasteiger partial charge in [0.25, 0.3) is 5.91 Å². The number of thiazole rings is 1. The highest BCUT2D eigenvalue weighted by molar-refractivity contribution is 7.22. The van der Waals surface area contributed by atoms with Crippen LogP contribution in [0.4, 0.5) is 5.13 Å². The highest BCUT2D eigenvalue weighted by atomic mass is 35.5. The predicted octanol–water partition coefficient (Wildman–Crippen LogP) is 5.93. The Balaban J connectivity index is 1.62. The van der Waals surface area contributed by atoms with E-state index in [1.165, 1.54) is 29.7 Å². The Bertz CT molecular complexity index is 945. The molecule has 0 spiro atoms. The average Bonchev–Trinajstić information content (AvgIpc) is 3.03. The van der Waals surface area contributed by atoms with Crippen LogP contribution in [0.5, 0.6) is 5.75 Å². The number of benzene rings is 2. The van der Waals surface area contributed by atoms with E-state index in [0.717, 1.165) is 32.8 Å². The third-order valence-corrected chi connectivity index (χ3v) is 5.83. The normalized spacial score (nSPS) is 11.0. The fourth-order valence-electron chi connectivity index (χ4n) is 2.85. The molecule has 1 heterocycles. The van der Waals surface area contributed by atoms with Gasteiger partial charge < -0.3 is 4.74 Å². The van der Waals surface area contributed by atoms with Crippen LogP contribution in [0.25, 0.3) is 10.2 Å². The van der Waals surface area contributed by atoms with Crippen LogP contribution in [0.2, 0.25) is 5.02 Å². The molecule has 1 aromatic heterocycles. The van der Waals surface area contributed by atoms with Crippen molar-refractivity contribution in [3.63, 3.8) is 0 Å². The van der Waals surface area contributed by atoms with Crippen LogP contribution in [-0.4, -0.2) is 17.5 Å². The van der Waals surface area contributed by atoms with E-state index >= 15 is 0 Å². The average molecular weight is 403 g/mol. The van der Waals surface area contributed by atoms with E-state index in [-0.39, 0.29) is 12.5 Å². The molecule has 2 aromatic carbocycles. The van der Waals surface area contributed by atoms with Gasteiger partial charge in [-0.15, -0.1) is 0 Å². The molecule has 142 valence electrons. The summed E-state index contributed by atoms with van der Waals surface area (Å²) in [5.41, 5.74) is 4.07. The molecule has 0 saturated heterocycles. The number of aryl methyl sites for hydroxylation is 3. The van der Waals surface area contributed by atoms with Gasteiger partial charge in [-0.2, -0.15) is 0 Å². The molecule has 0 fully saturated rings. The summed E-state index contributed by atoms with van der Waals surface area (Å²) in [6.45, 7) is 5.95. The highest BCUT2D eigenvalue weighted by Crippen LogP contribution is 2.28. The van der Waals surface area contributed by atoms with Crippen LogP contribution in [0.3, 0.4) is 0 Å². The molecule has 0 aliphatic rings. The smallest absolute Gasteiger partial charge is 0.264 e. The first-order chi connectivity index (χ1) is 13.0. The van der Waals surface area contributed by atoms with Crippen LogP contribution in [0.1, 0.15) is 36.5 Å². The Labute approximate surface area is 168 Å². The first-order valence-electron chi connectivity index (χ1n) is 9.05. The van der Waals surface area contributed by atoms with E-state index in [9.17, 15) is 4.79 Å². The molecular formula is C21H23ClN2O2S. The molecule has 0 saturated carbocycles. The molecule has 4 nitrogen and oxygen atoms in total. The quantitative estimate of drug-likeness (QED) is 0.533. The maximum atomic E-state index is 12.2. The number of ether oxygens (including phenoxy) is 1. The fraction of sp³-hybridized carbons (Fsp3) is 0.333. The van der Waals surface area contributed by atoms with Crippen molar-refractivity contribution in [1.82, 2.24) is 4.98 Å². The van der Waals surface area contributed by atoms with Gasteiger partial charge in [0.15, 0.2) is 11.7 Å². The molecule has 0 radical (unpaired) electrons. The summed E-state index contributed by atoms with van der Waals surface area (Å²) in [6.07, 6.45) is 3.42. The van der Waals surface area contributed by atoms with Gasteiger partial charge in [-0.25, -0.2) is 4.98 Å². The van der Waals surface area contributed by atoms with Crippen LogP contribution in [-0.2, 0) is 11.2 Å². The van der Waals surface area contributed by atoms with E-state index in [2.05, 4.69) is 29.4 Å². The lowest BCUT2D eigenvalue weighted by atomic mass is 10.1. The van der Waals surface area contributed by atoms with Crippen molar-refractivity contribution in [3.05, 3.63) is 52.0 Å². The molecular weight excluding hydrogens is 380 g/mol. The molecule has 0 unspecified atom stereocenters. The standard InChI is InChI=1S/C21H23ClN2O2S/c1-4-5-6-15-7-8-17-18(11-15)27-21(23-17)24-19(25)12-26-16-9-13(2)20(22)14(3)10-16/h7-11H,4-6,12H2,1-3H3,(H,23,24,25). The summed E-state index contributed by atoms with van der Waals surface area (Å²) in [5.74, 6) is 0.403. The van der Waals surface area contributed by atoms with Crippen LogP contribution >= 0.6 is 22.9 Å². The SMILES string of the molecule is CCCCc1ccc2nc(NC(=O)COc3cc(C)c(Cl)c(C)c3)sc2c1. The predicted molar refractivity (Wildman–Crippen MR) is 113 cm³/mol. The maximum absolute atomic E-state index is 12.2. The number of fused-ring (bicyclic) bond motifs is 1. The Kier molecular flexibility index (Phi) is 6.34. The lowest BCUT2D eigenvalue weighted by Crippen LogP contribution is -2.20. The Hall–Kier alpha value is -2.11. The van der Waals surface area contributed by atoms with Gasteiger partial charge in [-0.3, -0.25) is 10.1 Å². The zero-order valence-electron chi connectivity index (χ0n) is 15.8. The van der Waals surface area contributed by atoms with E-state index in [1.807, 2.05) is 32.0 Å². The zero-order chi connectivity index (χ0) is 19.4. The van der Waals surface area contributed by atoms with E-state index < -0.39 is 0 Å². The number of unbranched alkanes of at least 4 members (excludes halogenated alkanes) is 1. The topological polar surface area (TPSA) is 51.2 Å². The van der Waals surface area contributed by atoms with Crippen molar-refractivity contribution >= 4 is 44.2 Å². The number of anilines is 1. The first-order valence-corrected chi connectivity index (χ1v) is 10.2. The molecule has 0 bridgehead atoms. The van der Waals surface area contributed by atoms with Crippen molar-refractivity contribution in [2.45, 2.75) is 40.0 Å². The van der Waals surface area contributed by atoms with Crippen molar-refractivity contribution in [2.24, 2.45) is 0 Å². The lowest BCUT2D eigenvalue weighted by Gasteiger charge is -2.09. The summed E-state index contributed by atoms with van der Waals surface area (Å²) in [5, 5.41) is 4.14. The molecule has 27 heavy (non-hydrogen) atoms. The van der Waals surface area contributed by atoms with Crippen molar-refractivity contribution in [2.75, 3.05) is 11.9 Å². The largest absolute Gasteiger partial charge is 0.484 e. The number of halogens is 1. The molecule has 6 heteroatoms. The molecule has 1 amide bonds. The van der Waals surface area contributed by atoms with E-state index in [1.54, 1.807) is 0 Å². The van der Waals surface area contributed by atoms with Gasteiger partial charge in [0.2, 0.25) is 0 Å². The second kappa shape index (κ2) is 8.72. The molecule has 0 aliphatic carbocycles. The number of nitrogens with one attached hydrogen (secondary N) is 1. The minimum Gasteiger partial charge on any atom is -0.484 e. The third kappa shape index (κ3) is 4.99. The zero-order valence-corrected chi connectivity index (χ0v) is 17.3. The number of amides is 1. The molecule has 1 N–H and O–H groups in total. The second-order valence-electron chi connectivity index (χ2n) is 6.63. The minimum absolute atomic E-state index is 0.0712. The molecule has 3 rings (SSSR count). The molecule has 3 aromatic rings. The number of hydrogen-bond donors (Lipinski definition) is 1. The summed E-state index contributed by atoms with van der Waals surface area (Å²) in [4.78, 5) is 16.7.